The van der Waals surface area contributed by atoms with Crippen molar-refractivity contribution in [2.75, 3.05) is 7.11 Å². The Morgan fingerprint density at radius 1 is 0.657 bits per heavy atom. The second-order valence-electron chi connectivity index (χ2n) is 8.76. The van der Waals surface area contributed by atoms with Gasteiger partial charge in [0.05, 0.1) is 7.11 Å². The molecule has 2 aromatic heterocycles. The van der Waals surface area contributed by atoms with E-state index in [4.69, 9.17) is 9.15 Å². The third kappa shape index (κ3) is 3.02. The number of hydrogen-bond donors (Lipinski definition) is 0. The van der Waals surface area contributed by atoms with Gasteiger partial charge in [-0.2, -0.15) is 0 Å². The highest BCUT2D eigenvalue weighted by molar-refractivity contribution is 6.28. The van der Waals surface area contributed by atoms with Crippen LogP contribution in [-0.2, 0) is 0 Å². The number of pyridine rings is 1. The molecule has 0 amide bonds. The van der Waals surface area contributed by atoms with Crippen LogP contribution in [0.3, 0.4) is 0 Å². The first-order chi connectivity index (χ1) is 17.3. The van der Waals surface area contributed by atoms with Crippen molar-refractivity contribution in [1.82, 2.24) is 4.98 Å². The quantitative estimate of drug-likeness (QED) is 0.252. The molecule has 0 saturated heterocycles. The van der Waals surface area contributed by atoms with Crippen molar-refractivity contribution >= 4 is 43.5 Å². The Morgan fingerprint density at radius 2 is 1.51 bits per heavy atom. The number of methoxy groups -OCH3 is 1. The summed E-state index contributed by atoms with van der Waals surface area (Å²) in [6, 6.07) is 33.8. The van der Waals surface area contributed by atoms with Gasteiger partial charge in [0.25, 0.3) is 0 Å². The maximum absolute atomic E-state index is 6.56. The molecule has 7 rings (SSSR count). The summed E-state index contributed by atoms with van der Waals surface area (Å²) in [5.41, 5.74) is 6.36. The average molecular weight is 452 g/mol. The van der Waals surface area contributed by atoms with Crippen LogP contribution in [-0.4, -0.2) is 12.1 Å². The van der Waals surface area contributed by atoms with Crippen LogP contribution in [0.15, 0.2) is 114 Å². The zero-order chi connectivity index (χ0) is 23.4. The highest BCUT2D eigenvalue weighted by Crippen LogP contribution is 2.44. The number of benzene rings is 5. The SMILES string of the molecule is COc1ccc(-c2cc3cccc(-c4cccnc4)c3c3c2ccc2c4ccccc4oc23)cc1. The van der Waals surface area contributed by atoms with E-state index in [9.17, 15) is 0 Å². The van der Waals surface area contributed by atoms with Crippen LogP contribution in [0.5, 0.6) is 5.75 Å². The molecule has 0 aliphatic carbocycles. The van der Waals surface area contributed by atoms with Crippen molar-refractivity contribution in [2.45, 2.75) is 0 Å². The van der Waals surface area contributed by atoms with Gasteiger partial charge in [-0.05, 0) is 63.9 Å². The van der Waals surface area contributed by atoms with E-state index >= 15 is 0 Å². The molecule has 0 radical (unpaired) electrons. The van der Waals surface area contributed by atoms with E-state index in [0.29, 0.717) is 0 Å². The Balaban J connectivity index is 1.69. The molecular weight excluding hydrogens is 430 g/mol. The molecule has 35 heavy (non-hydrogen) atoms. The summed E-state index contributed by atoms with van der Waals surface area (Å²) in [6.07, 6.45) is 3.74. The molecular formula is C32H21NO2. The summed E-state index contributed by atoms with van der Waals surface area (Å²) in [7, 11) is 1.69. The second-order valence-corrected chi connectivity index (χ2v) is 8.76. The standard InChI is InChI=1S/C32H21NO2/c1-34-23-13-11-20(12-14-23)28-18-21-6-4-9-24(22-7-5-17-33-19-22)30(21)31-26(28)15-16-27-25-8-2-3-10-29(25)35-32(27)31/h2-19H,1H3. The first-order valence-corrected chi connectivity index (χ1v) is 11.7. The topological polar surface area (TPSA) is 35.3 Å². The number of fused-ring (bicyclic) bond motifs is 7. The lowest BCUT2D eigenvalue weighted by atomic mass is 9.88. The summed E-state index contributed by atoms with van der Waals surface area (Å²) in [5.74, 6) is 0.845. The van der Waals surface area contributed by atoms with Crippen molar-refractivity contribution in [3.63, 3.8) is 0 Å². The lowest BCUT2D eigenvalue weighted by molar-refractivity contribution is 0.415. The predicted molar refractivity (Wildman–Crippen MR) is 144 cm³/mol. The number of rotatable bonds is 3. The van der Waals surface area contributed by atoms with Crippen LogP contribution >= 0.6 is 0 Å². The Kier molecular flexibility index (Phi) is 4.36. The zero-order valence-corrected chi connectivity index (χ0v) is 19.2. The van der Waals surface area contributed by atoms with E-state index in [1.54, 1.807) is 7.11 Å². The number of hydrogen-bond acceptors (Lipinski definition) is 3. The second kappa shape index (κ2) is 7.71. The van der Waals surface area contributed by atoms with E-state index in [-0.39, 0.29) is 0 Å². The molecule has 3 heteroatoms. The van der Waals surface area contributed by atoms with Crippen LogP contribution in [0.25, 0.3) is 65.7 Å². The lowest BCUT2D eigenvalue weighted by Gasteiger charge is -2.15. The van der Waals surface area contributed by atoms with Crippen molar-refractivity contribution in [1.29, 1.82) is 0 Å². The van der Waals surface area contributed by atoms with Crippen molar-refractivity contribution in [2.24, 2.45) is 0 Å². The van der Waals surface area contributed by atoms with Gasteiger partial charge >= 0.3 is 0 Å². The van der Waals surface area contributed by atoms with E-state index in [1.165, 1.54) is 10.9 Å². The maximum atomic E-state index is 6.56. The van der Waals surface area contributed by atoms with Crippen LogP contribution in [0.1, 0.15) is 0 Å². The smallest absolute Gasteiger partial charge is 0.143 e. The van der Waals surface area contributed by atoms with Gasteiger partial charge in [0, 0.05) is 39.5 Å². The molecule has 0 unspecified atom stereocenters. The number of aromatic nitrogens is 1. The van der Waals surface area contributed by atoms with Crippen LogP contribution < -0.4 is 4.74 Å². The van der Waals surface area contributed by atoms with Crippen LogP contribution in [0.4, 0.5) is 0 Å². The van der Waals surface area contributed by atoms with Gasteiger partial charge < -0.3 is 9.15 Å². The minimum absolute atomic E-state index is 0.845. The molecule has 0 saturated carbocycles. The molecule has 0 atom stereocenters. The Bertz CT molecular complexity index is 1870. The van der Waals surface area contributed by atoms with Gasteiger partial charge in [-0.1, -0.05) is 60.7 Å². The maximum Gasteiger partial charge on any atom is 0.143 e. The van der Waals surface area contributed by atoms with Gasteiger partial charge in [0.1, 0.15) is 16.9 Å². The van der Waals surface area contributed by atoms with E-state index < -0.39 is 0 Å². The molecule has 7 aromatic rings. The molecule has 0 fully saturated rings. The molecule has 0 spiro atoms. The van der Waals surface area contributed by atoms with E-state index in [0.717, 1.165) is 60.5 Å². The van der Waals surface area contributed by atoms with Gasteiger partial charge in [0.2, 0.25) is 0 Å². The zero-order valence-electron chi connectivity index (χ0n) is 19.2. The molecule has 0 bridgehead atoms. The normalized spacial score (nSPS) is 11.6. The largest absolute Gasteiger partial charge is 0.497 e. The number of nitrogens with zero attached hydrogens (tertiary/aromatic N) is 1. The van der Waals surface area contributed by atoms with E-state index in [2.05, 4.69) is 71.7 Å². The third-order valence-electron chi connectivity index (χ3n) is 6.86. The fourth-order valence-electron chi connectivity index (χ4n) is 5.24. The number of ether oxygens (including phenoxy) is 1. The third-order valence-corrected chi connectivity index (χ3v) is 6.86. The number of furan rings is 1. The monoisotopic (exact) mass is 451 g/mol. The van der Waals surface area contributed by atoms with Gasteiger partial charge in [0.15, 0.2) is 0 Å². The van der Waals surface area contributed by atoms with Gasteiger partial charge in [-0.25, -0.2) is 0 Å². The highest BCUT2D eigenvalue weighted by Gasteiger charge is 2.18. The Labute approximate surface area is 202 Å². The summed E-state index contributed by atoms with van der Waals surface area (Å²) < 4.78 is 12.0. The highest BCUT2D eigenvalue weighted by atomic mass is 16.5. The van der Waals surface area contributed by atoms with Gasteiger partial charge in [-0.15, -0.1) is 0 Å². The first-order valence-electron chi connectivity index (χ1n) is 11.7. The Morgan fingerprint density at radius 3 is 2.34 bits per heavy atom. The van der Waals surface area contributed by atoms with Crippen LogP contribution in [0.2, 0.25) is 0 Å². The minimum Gasteiger partial charge on any atom is -0.497 e. The minimum atomic E-state index is 0.845. The molecule has 2 heterocycles. The molecule has 0 aliphatic rings. The molecule has 0 aliphatic heterocycles. The summed E-state index contributed by atoms with van der Waals surface area (Å²) in [6.45, 7) is 0. The Hall–Kier alpha value is -4.63. The fourth-order valence-corrected chi connectivity index (χ4v) is 5.24. The summed E-state index contributed by atoms with van der Waals surface area (Å²) >= 11 is 0. The molecule has 3 nitrogen and oxygen atoms in total. The average Bonchev–Trinajstić information content (AvgIpc) is 3.31. The van der Waals surface area contributed by atoms with Crippen LogP contribution in [0, 0.1) is 0 Å². The number of para-hydroxylation sites is 1. The van der Waals surface area contributed by atoms with Crippen molar-refractivity contribution in [3.05, 3.63) is 109 Å². The fraction of sp³-hybridized carbons (Fsp3) is 0.0312. The van der Waals surface area contributed by atoms with E-state index in [1.807, 2.05) is 42.7 Å². The summed E-state index contributed by atoms with van der Waals surface area (Å²) in [4.78, 5) is 4.39. The first kappa shape index (κ1) is 19.8. The summed E-state index contributed by atoms with van der Waals surface area (Å²) in [5, 5.41) is 6.88. The van der Waals surface area contributed by atoms with Crippen molar-refractivity contribution < 1.29 is 9.15 Å². The van der Waals surface area contributed by atoms with Gasteiger partial charge in [-0.3, -0.25) is 4.98 Å². The molecule has 166 valence electrons. The molecule has 5 aromatic carbocycles. The lowest BCUT2D eigenvalue weighted by Crippen LogP contribution is -1.89. The van der Waals surface area contributed by atoms with Crippen molar-refractivity contribution in [3.8, 4) is 28.0 Å². The molecule has 0 N–H and O–H groups in total. The predicted octanol–water partition coefficient (Wildman–Crippen LogP) is 8.63.